The summed E-state index contributed by atoms with van der Waals surface area (Å²) in [5.74, 6) is 1.51. The average molecular weight is 518 g/mol. The number of hydrogen-bond acceptors (Lipinski definition) is 4. The molecular formula is C21H35IN4O3. The van der Waals surface area contributed by atoms with E-state index in [-0.39, 0.29) is 42.5 Å². The highest BCUT2D eigenvalue weighted by atomic mass is 127. The van der Waals surface area contributed by atoms with E-state index in [1.165, 1.54) is 12.0 Å². The van der Waals surface area contributed by atoms with Crippen LogP contribution in [0.4, 0.5) is 0 Å². The Labute approximate surface area is 191 Å². The third-order valence-corrected chi connectivity index (χ3v) is 4.82. The number of halogens is 1. The number of nitrogens with zero attached hydrogens (tertiary/aromatic N) is 2. The molecule has 0 saturated carbocycles. The molecule has 1 unspecified atom stereocenters. The zero-order valence-corrected chi connectivity index (χ0v) is 20.3. The molecule has 0 spiro atoms. The molecule has 0 aliphatic carbocycles. The summed E-state index contributed by atoms with van der Waals surface area (Å²) in [5, 5.41) is 6.65. The summed E-state index contributed by atoms with van der Waals surface area (Å²) in [7, 11) is 5.16. The number of likely N-dealkylation sites (N-methyl/N-ethyl adjacent to an activating group) is 1. The van der Waals surface area contributed by atoms with Crippen LogP contribution >= 0.6 is 24.0 Å². The van der Waals surface area contributed by atoms with Gasteiger partial charge in [-0.25, -0.2) is 4.99 Å². The first kappa shape index (κ1) is 25.5. The van der Waals surface area contributed by atoms with Crippen LogP contribution in [0.2, 0.25) is 0 Å². The quantitative estimate of drug-likeness (QED) is 0.314. The Morgan fingerprint density at radius 3 is 2.76 bits per heavy atom. The van der Waals surface area contributed by atoms with E-state index in [1.54, 1.807) is 26.1 Å². The van der Waals surface area contributed by atoms with Crippen molar-refractivity contribution in [2.24, 2.45) is 4.99 Å². The fourth-order valence-electron chi connectivity index (χ4n) is 2.99. The molecule has 1 aliphatic heterocycles. The Balaban J connectivity index is 0.00000420. The molecule has 1 saturated heterocycles. The van der Waals surface area contributed by atoms with Gasteiger partial charge < -0.3 is 25.0 Å². The third kappa shape index (κ3) is 9.20. The molecule has 2 N–H and O–H groups in total. The van der Waals surface area contributed by atoms with Crippen LogP contribution in [0.1, 0.15) is 30.4 Å². The summed E-state index contributed by atoms with van der Waals surface area (Å²) in [6.07, 6.45) is 4.42. The molecule has 1 aliphatic rings. The van der Waals surface area contributed by atoms with E-state index in [9.17, 15) is 4.79 Å². The topological polar surface area (TPSA) is 75.2 Å². The molecule has 1 aromatic rings. The van der Waals surface area contributed by atoms with Crippen molar-refractivity contribution in [3.8, 4) is 5.75 Å². The molecule has 7 nitrogen and oxygen atoms in total. The number of aliphatic imine (C=N–C) groups is 1. The zero-order chi connectivity index (χ0) is 20.4. The van der Waals surface area contributed by atoms with Gasteiger partial charge in [0.1, 0.15) is 12.3 Å². The van der Waals surface area contributed by atoms with Crippen molar-refractivity contribution in [1.82, 2.24) is 15.5 Å². The maximum Gasteiger partial charge on any atom is 0.243 e. The van der Waals surface area contributed by atoms with Crippen LogP contribution in [-0.4, -0.2) is 70.3 Å². The van der Waals surface area contributed by atoms with Crippen LogP contribution < -0.4 is 15.4 Å². The van der Waals surface area contributed by atoms with Gasteiger partial charge in [-0.15, -0.1) is 24.0 Å². The Morgan fingerprint density at radius 2 is 2.10 bits per heavy atom. The van der Waals surface area contributed by atoms with E-state index < -0.39 is 0 Å². The van der Waals surface area contributed by atoms with Gasteiger partial charge in [0, 0.05) is 33.8 Å². The van der Waals surface area contributed by atoms with Crippen molar-refractivity contribution in [2.75, 3.05) is 47.4 Å². The Hall–Kier alpha value is -1.55. The van der Waals surface area contributed by atoms with Gasteiger partial charge >= 0.3 is 0 Å². The lowest BCUT2D eigenvalue weighted by atomic mass is 10.1. The number of hydrogen-bond donors (Lipinski definition) is 2. The smallest absolute Gasteiger partial charge is 0.243 e. The molecule has 0 bridgehead atoms. The van der Waals surface area contributed by atoms with Crippen molar-refractivity contribution in [1.29, 1.82) is 0 Å². The SMILES string of the molecule is COc1cc(CCNC(=NCC(=O)N(C)C)NCC2CCCCO2)ccc1C.I. The van der Waals surface area contributed by atoms with Gasteiger partial charge in [-0.3, -0.25) is 4.79 Å². The standard InChI is InChI=1S/C21H34N4O3.HI/c1-16-8-9-17(13-19(16)27-4)10-11-22-21(24-15-20(26)25(2)3)23-14-18-7-5-6-12-28-18;/h8-9,13,18H,5-7,10-12,14-15H2,1-4H3,(H2,22,23,24);1H. The number of methoxy groups -OCH3 is 1. The van der Waals surface area contributed by atoms with Gasteiger partial charge in [0.05, 0.1) is 13.2 Å². The molecule has 8 heteroatoms. The van der Waals surface area contributed by atoms with Crippen LogP contribution in [0, 0.1) is 6.92 Å². The summed E-state index contributed by atoms with van der Waals surface area (Å²) in [6, 6.07) is 6.24. The lowest BCUT2D eigenvalue weighted by Crippen LogP contribution is -2.43. The monoisotopic (exact) mass is 518 g/mol. The minimum Gasteiger partial charge on any atom is -0.496 e. The average Bonchev–Trinajstić information content (AvgIpc) is 2.71. The summed E-state index contributed by atoms with van der Waals surface area (Å²) in [6.45, 7) is 4.37. The number of amides is 1. The molecular weight excluding hydrogens is 483 g/mol. The van der Waals surface area contributed by atoms with Gasteiger partial charge in [-0.2, -0.15) is 0 Å². The largest absolute Gasteiger partial charge is 0.496 e. The maximum atomic E-state index is 11.9. The zero-order valence-electron chi connectivity index (χ0n) is 18.0. The fourth-order valence-corrected chi connectivity index (χ4v) is 2.99. The highest BCUT2D eigenvalue weighted by Gasteiger charge is 2.14. The van der Waals surface area contributed by atoms with Crippen LogP contribution in [0.5, 0.6) is 5.75 Å². The summed E-state index contributed by atoms with van der Waals surface area (Å²) in [5.41, 5.74) is 2.31. The normalized spacial score (nSPS) is 16.6. The number of guanidine groups is 1. The number of carbonyl (C=O) groups excluding carboxylic acids is 1. The van der Waals surface area contributed by atoms with Gasteiger partial charge in [0.25, 0.3) is 0 Å². The molecule has 1 heterocycles. The summed E-state index contributed by atoms with van der Waals surface area (Å²) in [4.78, 5) is 17.9. The second-order valence-electron chi connectivity index (χ2n) is 7.30. The molecule has 1 fully saturated rings. The molecule has 29 heavy (non-hydrogen) atoms. The van der Waals surface area contributed by atoms with E-state index in [1.807, 2.05) is 6.92 Å². The second-order valence-corrected chi connectivity index (χ2v) is 7.30. The van der Waals surface area contributed by atoms with Crippen LogP contribution in [-0.2, 0) is 16.0 Å². The molecule has 0 aromatic heterocycles. The number of carbonyl (C=O) groups is 1. The van der Waals surface area contributed by atoms with Crippen molar-refractivity contribution in [3.05, 3.63) is 29.3 Å². The Kier molecular flexibility index (Phi) is 12.0. The first-order valence-electron chi connectivity index (χ1n) is 9.97. The van der Waals surface area contributed by atoms with Gasteiger partial charge in [0.15, 0.2) is 5.96 Å². The number of aryl methyl sites for hydroxylation is 1. The molecule has 0 radical (unpaired) electrons. The van der Waals surface area contributed by atoms with Crippen LogP contribution in [0.15, 0.2) is 23.2 Å². The lowest BCUT2D eigenvalue weighted by Gasteiger charge is -2.24. The van der Waals surface area contributed by atoms with E-state index in [0.717, 1.165) is 37.2 Å². The first-order chi connectivity index (χ1) is 13.5. The van der Waals surface area contributed by atoms with E-state index >= 15 is 0 Å². The molecule has 164 valence electrons. The lowest BCUT2D eigenvalue weighted by molar-refractivity contribution is -0.127. The minimum absolute atomic E-state index is 0. The predicted molar refractivity (Wildman–Crippen MR) is 127 cm³/mol. The number of nitrogens with one attached hydrogen (secondary N) is 2. The summed E-state index contributed by atoms with van der Waals surface area (Å²) >= 11 is 0. The molecule has 1 amide bonds. The van der Waals surface area contributed by atoms with E-state index in [0.29, 0.717) is 19.0 Å². The highest BCUT2D eigenvalue weighted by Crippen LogP contribution is 2.19. The number of ether oxygens (including phenoxy) is 2. The van der Waals surface area contributed by atoms with E-state index in [4.69, 9.17) is 9.47 Å². The number of rotatable bonds is 8. The number of benzene rings is 1. The minimum atomic E-state index is -0.0294. The predicted octanol–water partition coefficient (Wildman–Crippen LogP) is 2.36. The van der Waals surface area contributed by atoms with Crippen molar-refractivity contribution >= 4 is 35.8 Å². The second kappa shape index (κ2) is 13.6. The Bertz CT molecular complexity index is 661. The molecule has 1 aromatic carbocycles. The maximum absolute atomic E-state index is 11.9. The van der Waals surface area contributed by atoms with Crippen molar-refractivity contribution < 1.29 is 14.3 Å². The highest BCUT2D eigenvalue weighted by molar-refractivity contribution is 14.0. The van der Waals surface area contributed by atoms with Crippen molar-refractivity contribution in [2.45, 2.75) is 38.7 Å². The Morgan fingerprint density at radius 1 is 1.31 bits per heavy atom. The fraction of sp³-hybridized carbons (Fsp3) is 0.619. The van der Waals surface area contributed by atoms with Gasteiger partial charge in [-0.05, 0) is 49.8 Å². The van der Waals surface area contributed by atoms with Crippen LogP contribution in [0.25, 0.3) is 0 Å². The first-order valence-corrected chi connectivity index (χ1v) is 9.97. The van der Waals surface area contributed by atoms with Crippen molar-refractivity contribution in [3.63, 3.8) is 0 Å². The van der Waals surface area contributed by atoms with Gasteiger partial charge in [0.2, 0.25) is 5.91 Å². The molecule has 1 atom stereocenters. The molecule has 2 rings (SSSR count). The van der Waals surface area contributed by atoms with Gasteiger partial charge in [-0.1, -0.05) is 12.1 Å². The van der Waals surface area contributed by atoms with E-state index in [2.05, 4.69) is 33.8 Å². The third-order valence-electron chi connectivity index (χ3n) is 4.82. The summed E-state index contributed by atoms with van der Waals surface area (Å²) < 4.78 is 11.2. The van der Waals surface area contributed by atoms with Crippen LogP contribution in [0.3, 0.4) is 0 Å².